The van der Waals surface area contributed by atoms with E-state index in [2.05, 4.69) is 74.1 Å². The summed E-state index contributed by atoms with van der Waals surface area (Å²) in [5.74, 6) is -14.2. The SMILES string of the molecule is CC[C@H](C)[C@@H]1NC(=O)[C@@H](CCCN=C(N)N)NC(=O)[C@H](CC(C)C)NC(=O)[C@H]([C@H](O)C(C)C)NC(=O)[C@@H](NC(=O)[C@H](CC(C)(C)C)NC(=O)[C@@H](CC(C)(C)C)NC(=O)OC(C)(C)C)[C@@H](c2ccccc2)NC(=O)C(CO)NC(=O)[C@H](CCNC(=O)OCc2ccccc2)NC(=O)CNC(=O)[C@H]([C@H](C)O)NC1=O. The molecule has 1 unspecified atom stereocenters. The fourth-order valence-corrected chi connectivity index (χ4v) is 11.1. The second-order valence-electron chi connectivity index (χ2n) is 31.1. The van der Waals surface area contributed by atoms with Crippen LogP contribution in [0, 0.1) is 28.6 Å². The molecule has 1 aliphatic rings. The van der Waals surface area contributed by atoms with E-state index in [1.807, 2.05) is 20.8 Å². The molecule has 20 N–H and O–H groups in total. The van der Waals surface area contributed by atoms with E-state index < -0.39 is 216 Å². The van der Waals surface area contributed by atoms with Crippen LogP contribution in [0.15, 0.2) is 65.7 Å². The number of aliphatic imine (C=N–C) groups is 1. The number of ether oxygens (including phenoxy) is 2. The third kappa shape index (κ3) is 33.3. The lowest BCUT2D eigenvalue weighted by Crippen LogP contribution is -2.65. The standard InChI is InChI=1S/C73H118N16O18/c1-17-41(6)52-65(101)86-53(42(7)91)64(100)78-36-51(92)79-46(30-32-77-69(104)106-38-43-25-20-18-21-26-43)58(94)83-50(37-90)63(99)87-54(44-27-22-19-23-28-44)55(88-62(98)48(34-71(8,9)10)82-61(97)49(35-72(11,12)13)84-70(105)107-73(14,15)16)66(102)89-56(57(93)40(4)5)67(103)81-47(33-39(2)3)60(96)80-45(59(95)85-52)29-24-31-76-68(74)75/h18-23,25-28,39-42,45-50,52-57,90-91,93H,17,24,29-38H2,1-16H3,(H,77,104)(H,78,100)(H,79,92)(H,80,96)(H,81,103)(H,82,97)(H,83,94)(H,84,105)(H,85,95)(H,86,101)(H,87,99)(H,88,98)(H,89,102)(H4,74,75,76)/t41-,42-,45+,46-,47-,48-,49+,50?,52-,53-,54+,55-,56-,57+/m0/s1. The van der Waals surface area contributed by atoms with Gasteiger partial charge in [0.1, 0.15) is 72.6 Å². The van der Waals surface area contributed by atoms with Crippen molar-refractivity contribution in [1.29, 1.82) is 0 Å². The zero-order chi connectivity index (χ0) is 80.8. The molecule has 13 amide bonds. The lowest BCUT2D eigenvalue weighted by atomic mass is 9.86. The number of alkyl carbamates (subject to hydrolysis) is 2. The van der Waals surface area contributed by atoms with Crippen LogP contribution in [-0.4, -0.2) is 203 Å². The number of carbonyl (C=O) groups is 13. The molecular weight excluding hydrogens is 1390 g/mol. The van der Waals surface area contributed by atoms with Gasteiger partial charge in [0.25, 0.3) is 0 Å². The number of aliphatic hydroxyl groups is 3. The van der Waals surface area contributed by atoms with Crippen molar-refractivity contribution in [3.63, 3.8) is 0 Å². The molecular formula is C73H118N16O18. The first-order chi connectivity index (χ1) is 49.8. The molecule has 34 nitrogen and oxygen atoms in total. The van der Waals surface area contributed by atoms with E-state index in [0.29, 0.717) is 5.56 Å². The van der Waals surface area contributed by atoms with Crippen LogP contribution in [0.25, 0.3) is 0 Å². The molecule has 107 heavy (non-hydrogen) atoms. The number of carbonyl (C=O) groups excluding carboxylic acids is 13. The van der Waals surface area contributed by atoms with Gasteiger partial charge < -0.3 is 105 Å². The van der Waals surface area contributed by atoms with E-state index in [0.717, 1.165) is 6.92 Å². The number of hydrogen-bond acceptors (Lipinski definition) is 19. The van der Waals surface area contributed by atoms with Gasteiger partial charge in [0.15, 0.2) is 5.96 Å². The number of hydrogen-bond donors (Lipinski definition) is 18. The van der Waals surface area contributed by atoms with Crippen LogP contribution in [0.1, 0.15) is 173 Å². The van der Waals surface area contributed by atoms with Gasteiger partial charge in [-0.05, 0) is 106 Å². The van der Waals surface area contributed by atoms with Gasteiger partial charge >= 0.3 is 12.2 Å². The second-order valence-corrected chi connectivity index (χ2v) is 31.1. The molecule has 1 saturated heterocycles. The second kappa shape index (κ2) is 43.2. The summed E-state index contributed by atoms with van der Waals surface area (Å²) in [5.41, 5.74) is 9.48. The van der Waals surface area contributed by atoms with Crippen LogP contribution >= 0.6 is 0 Å². The fraction of sp³-hybridized carbons (Fsp3) is 0.644. The number of benzene rings is 2. The molecule has 0 bridgehead atoms. The van der Waals surface area contributed by atoms with Crippen LogP contribution in [0.2, 0.25) is 0 Å². The van der Waals surface area contributed by atoms with E-state index in [1.54, 1.807) is 106 Å². The normalized spacial score (nSPS) is 22.6. The first-order valence-electron chi connectivity index (χ1n) is 36.2. The molecule has 1 fully saturated rings. The Kier molecular flexibility index (Phi) is 36.9. The smallest absolute Gasteiger partial charge is 0.408 e. The highest BCUT2D eigenvalue weighted by molar-refractivity contribution is 6.00. The summed E-state index contributed by atoms with van der Waals surface area (Å²) in [7, 11) is 0. The number of nitrogens with one attached hydrogen (secondary N) is 13. The maximum atomic E-state index is 15.8. The number of nitrogens with zero attached hydrogens (tertiary/aromatic N) is 1. The predicted molar refractivity (Wildman–Crippen MR) is 397 cm³/mol. The average molecular weight is 1510 g/mol. The maximum Gasteiger partial charge on any atom is 0.408 e. The molecule has 3 rings (SSSR count). The fourth-order valence-electron chi connectivity index (χ4n) is 11.1. The molecule has 598 valence electrons. The van der Waals surface area contributed by atoms with Crippen molar-refractivity contribution in [3.05, 3.63) is 71.8 Å². The highest BCUT2D eigenvalue weighted by atomic mass is 16.6. The Morgan fingerprint density at radius 2 is 1.10 bits per heavy atom. The summed E-state index contributed by atoms with van der Waals surface area (Å²) in [6.45, 7) is 23.7. The van der Waals surface area contributed by atoms with Gasteiger partial charge in [0.05, 0.1) is 31.4 Å². The summed E-state index contributed by atoms with van der Waals surface area (Å²) < 4.78 is 10.8. The van der Waals surface area contributed by atoms with Crippen LogP contribution in [0.3, 0.4) is 0 Å². The molecule has 2 aromatic rings. The molecule has 0 aromatic heterocycles. The molecule has 1 aliphatic heterocycles. The summed E-state index contributed by atoms with van der Waals surface area (Å²) >= 11 is 0. The largest absolute Gasteiger partial charge is 0.445 e. The number of nitrogens with two attached hydrogens (primary N) is 2. The van der Waals surface area contributed by atoms with Crippen molar-refractivity contribution in [2.75, 3.05) is 26.2 Å². The van der Waals surface area contributed by atoms with Crippen molar-refractivity contribution >= 4 is 83.1 Å². The molecule has 34 heteroatoms. The number of aliphatic hydroxyl groups excluding tert-OH is 3. The number of guanidine groups is 1. The highest BCUT2D eigenvalue weighted by Crippen LogP contribution is 2.26. The summed E-state index contributed by atoms with van der Waals surface area (Å²) in [5, 5.41) is 67.3. The Bertz CT molecular complexity index is 3340. The first kappa shape index (κ1) is 91.5. The van der Waals surface area contributed by atoms with Gasteiger partial charge in [0.2, 0.25) is 65.0 Å². The Labute approximate surface area is 626 Å². The average Bonchev–Trinajstić information content (AvgIpc) is 0.811. The molecule has 0 saturated carbocycles. The lowest BCUT2D eigenvalue weighted by molar-refractivity contribution is -0.139. The molecule has 0 aliphatic carbocycles. The molecule has 0 radical (unpaired) electrons. The van der Waals surface area contributed by atoms with Crippen molar-refractivity contribution < 1.29 is 87.1 Å². The van der Waals surface area contributed by atoms with Gasteiger partial charge in [-0.2, -0.15) is 0 Å². The third-order valence-electron chi connectivity index (χ3n) is 16.8. The zero-order valence-electron chi connectivity index (χ0n) is 64.6. The first-order valence-corrected chi connectivity index (χ1v) is 36.2. The Hall–Kier alpha value is -9.70. The van der Waals surface area contributed by atoms with Crippen molar-refractivity contribution in [2.45, 2.75) is 247 Å². The lowest BCUT2D eigenvalue weighted by Gasteiger charge is -2.35. The van der Waals surface area contributed by atoms with E-state index in [4.69, 9.17) is 20.9 Å². The van der Waals surface area contributed by atoms with Gasteiger partial charge in [-0.1, -0.05) is 150 Å². The van der Waals surface area contributed by atoms with E-state index in [-0.39, 0.29) is 63.2 Å². The molecule has 2 aromatic carbocycles. The van der Waals surface area contributed by atoms with Crippen LogP contribution in [-0.2, 0) is 68.8 Å². The van der Waals surface area contributed by atoms with E-state index in [1.165, 1.54) is 38.1 Å². The van der Waals surface area contributed by atoms with Crippen LogP contribution in [0.5, 0.6) is 0 Å². The van der Waals surface area contributed by atoms with Gasteiger partial charge in [0, 0.05) is 13.1 Å². The number of rotatable bonds is 25. The number of amides is 13. The van der Waals surface area contributed by atoms with E-state index in [9.17, 15) is 58.5 Å². The van der Waals surface area contributed by atoms with Crippen LogP contribution in [0.4, 0.5) is 9.59 Å². The zero-order valence-corrected chi connectivity index (χ0v) is 64.6. The Morgan fingerprint density at radius 3 is 1.64 bits per heavy atom. The van der Waals surface area contributed by atoms with Crippen molar-refractivity contribution in [1.82, 2.24) is 69.1 Å². The summed E-state index contributed by atoms with van der Waals surface area (Å²) in [6, 6.07) is -2.93. The Morgan fingerprint density at radius 1 is 0.589 bits per heavy atom. The topological polar surface area (TPSA) is 522 Å². The van der Waals surface area contributed by atoms with Gasteiger partial charge in [-0.3, -0.25) is 57.7 Å². The quantitative estimate of drug-likeness (QED) is 0.0352. The maximum absolute atomic E-state index is 15.8. The summed E-state index contributed by atoms with van der Waals surface area (Å²) in [6.07, 6.45) is -6.01. The van der Waals surface area contributed by atoms with Crippen molar-refractivity contribution in [3.8, 4) is 0 Å². The molecule has 0 spiro atoms. The highest BCUT2D eigenvalue weighted by Gasteiger charge is 2.43. The van der Waals surface area contributed by atoms with E-state index >= 15 is 19.2 Å². The van der Waals surface area contributed by atoms with Gasteiger partial charge in [-0.25, -0.2) is 9.59 Å². The monoisotopic (exact) mass is 1510 g/mol. The predicted octanol–water partition coefficient (Wildman–Crippen LogP) is -0.0451. The molecule has 14 atom stereocenters. The Balaban J connectivity index is 2.46. The third-order valence-corrected chi connectivity index (χ3v) is 16.8. The minimum Gasteiger partial charge on any atom is -0.445 e. The van der Waals surface area contributed by atoms with Crippen LogP contribution < -0.4 is 80.6 Å². The van der Waals surface area contributed by atoms with Crippen molar-refractivity contribution in [2.24, 2.45) is 45.0 Å². The molecule has 1 heterocycles. The minimum absolute atomic E-state index is 0.0195. The van der Waals surface area contributed by atoms with Gasteiger partial charge in [-0.15, -0.1) is 0 Å². The minimum atomic E-state index is -2.13. The summed E-state index contributed by atoms with van der Waals surface area (Å²) in [4.78, 5) is 193.